The van der Waals surface area contributed by atoms with Gasteiger partial charge < -0.3 is 78.8 Å². The Hall–Kier alpha value is -8.87. The van der Waals surface area contributed by atoms with E-state index in [0.29, 0.717) is 23.1 Å². The van der Waals surface area contributed by atoms with Crippen LogP contribution in [0.5, 0.6) is 11.5 Å². The summed E-state index contributed by atoms with van der Waals surface area (Å²) in [6.45, 7) is 6.15. The molecule has 0 aliphatic heterocycles. The van der Waals surface area contributed by atoms with Crippen LogP contribution in [0.15, 0.2) is 109 Å². The third kappa shape index (κ3) is 18.6. The van der Waals surface area contributed by atoms with E-state index in [4.69, 9.17) is 5.73 Å². The van der Waals surface area contributed by atoms with Gasteiger partial charge in [0.25, 0.3) is 0 Å². The summed E-state index contributed by atoms with van der Waals surface area (Å²) in [5.41, 5.74) is 9.37. The Bertz CT molecular complexity index is 2990. The minimum Gasteiger partial charge on any atom is -0.508 e. The Kier molecular flexibility index (Phi) is 23.9. The molecule has 5 aromatic rings. The van der Waals surface area contributed by atoms with E-state index >= 15 is 0 Å². The number of fused-ring (bicyclic) bond motifs is 1. The Morgan fingerprint density at radius 1 is 0.476 bits per heavy atom. The Balaban J connectivity index is 1.31. The first kappa shape index (κ1) is 64.0. The Morgan fingerprint density at radius 2 is 0.902 bits per heavy atom. The summed E-state index contributed by atoms with van der Waals surface area (Å²) in [5, 5.41) is 70.8. The molecule has 24 nitrogen and oxygen atoms in total. The second kappa shape index (κ2) is 30.6. The average molecular weight is 1140 g/mol. The van der Waals surface area contributed by atoms with Gasteiger partial charge in [-0.05, 0) is 77.8 Å². The molecule has 16 N–H and O–H groups in total. The minimum absolute atomic E-state index is 0.0967. The van der Waals surface area contributed by atoms with Crippen LogP contribution in [0.2, 0.25) is 0 Å². The van der Waals surface area contributed by atoms with Gasteiger partial charge in [0.15, 0.2) is 0 Å². The quantitative estimate of drug-likeness (QED) is 0.0284. The van der Waals surface area contributed by atoms with Crippen LogP contribution >= 0.6 is 0 Å². The van der Waals surface area contributed by atoms with Crippen molar-refractivity contribution in [1.82, 2.24) is 47.5 Å². The molecular formula is C58H74N10O14. The predicted molar refractivity (Wildman–Crippen MR) is 301 cm³/mol. The third-order valence-corrected chi connectivity index (χ3v) is 13.8. The number of nitrogens with two attached hydrogens (primary N) is 1. The van der Waals surface area contributed by atoms with Crippen molar-refractivity contribution in [3.8, 4) is 11.5 Å². The van der Waals surface area contributed by atoms with E-state index in [2.05, 4.69) is 47.5 Å². The van der Waals surface area contributed by atoms with Crippen molar-refractivity contribution in [1.29, 1.82) is 0 Å². The van der Waals surface area contributed by atoms with E-state index < -0.39 is 133 Å². The first-order valence-corrected chi connectivity index (χ1v) is 26.8. The highest BCUT2D eigenvalue weighted by Crippen LogP contribution is 2.20. The number of aromatic nitrogens is 1. The second-order valence-corrected chi connectivity index (χ2v) is 20.4. The molecule has 82 heavy (non-hydrogen) atoms. The number of carboxylic acid groups (broad SMARTS) is 1. The zero-order valence-corrected chi connectivity index (χ0v) is 46.2. The van der Waals surface area contributed by atoms with E-state index in [1.54, 1.807) is 64.2 Å². The molecular weight excluding hydrogens is 1060 g/mol. The summed E-state index contributed by atoms with van der Waals surface area (Å²) in [4.78, 5) is 126. The monoisotopic (exact) mass is 1130 g/mol. The lowest BCUT2D eigenvalue weighted by molar-refractivity contribution is -0.143. The van der Waals surface area contributed by atoms with Crippen LogP contribution in [0.25, 0.3) is 10.9 Å². The van der Waals surface area contributed by atoms with E-state index in [-0.39, 0.29) is 37.2 Å². The third-order valence-electron chi connectivity index (χ3n) is 13.8. The van der Waals surface area contributed by atoms with Gasteiger partial charge in [0.05, 0.1) is 19.3 Å². The van der Waals surface area contributed by atoms with Crippen molar-refractivity contribution in [3.63, 3.8) is 0 Å². The highest BCUT2D eigenvalue weighted by molar-refractivity contribution is 5.98. The summed E-state index contributed by atoms with van der Waals surface area (Å²) in [7, 11) is 0. The van der Waals surface area contributed by atoms with Crippen LogP contribution in [0.3, 0.4) is 0 Å². The van der Waals surface area contributed by atoms with Crippen molar-refractivity contribution in [2.75, 3.05) is 13.2 Å². The van der Waals surface area contributed by atoms with Crippen molar-refractivity contribution in [2.45, 2.75) is 121 Å². The lowest BCUT2D eigenvalue weighted by atomic mass is 9.96. The molecule has 0 unspecified atom stereocenters. The van der Waals surface area contributed by atoms with Gasteiger partial charge in [-0.1, -0.05) is 107 Å². The molecule has 0 saturated heterocycles. The number of hydrogen-bond acceptors (Lipinski definition) is 14. The second-order valence-electron chi connectivity index (χ2n) is 20.4. The molecule has 0 spiro atoms. The fourth-order valence-corrected chi connectivity index (χ4v) is 8.72. The normalized spacial score (nSPS) is 14.9. The molecule has 24 heteroatoms. The number of para-hydroxylation sites is 1. The SMILES string of the molecule is CC[C@H](C)[C@H](NC(=O)[C@H](CO)NC(=O)[C@H](C)NC(=O)[C@@H](NC(=O)[C@@H](N)Cc1c[nH]c2ccccc12)C(C)C)C(=O)N[C@@H](Cc1ccccc1)C(=O)N[C@@H](Cc1ccc(O)cc1)C(=O)N[C@@H](Cc1ccc(O)cc1)C(=O)N[C@@H](CO)C(=O)O. The predicted octanol–water partition coefficient (Wildman–Crippen LogP) is -0.153. The molecule has 10 atom stereocenters. The number of aliphatic hydroxyl groups is 2. The van der Waals surface area contributed by atoms with E-state index in [9.17, 15) is 68.7 Å². The fraction of sp³-hybridized carbons (Fsp3) is 0.397. The lowest BCUT2D eigenvalue weighted by Gasteiger charge is -2.29. The summed E-state index contributed by atoms with van der Waals surface area (Å²) in [6.07, 6.45) is 1.58. The highest BCUT2D eigenvalue weighted by Gasteiger charge is 2.36. The standard InChI is InChI=1S/C58H74N10O14/c1-6-32(4)49(68-55(78)46(29-69)65-50(73)33(5)61-56(79)48(31(2)3)67-51(74)41(59)27-37-28-60-42-15-11-10-14-40(37)42)57(80)64-45(24-34-12-8-7-9-13-34)53(76)62-43(25-35-16-20-38(71)21-17-35)52(75)63-44(26-36-18-22-39(72)23-19-36)54(77)66-47(30-70)58(81)82/h7-23,28,31-33,41,43-49,60,69-72H,6,24-27,29-30,59H2,1-5H3,(H,61,79)(H,62,76)(H,63,75)(H,64,80)(H,65,73)(H,66,77)(H,67,74)(H,68,78)(H,81,82)/t32-,33-,41-,43-,44-,45-,46-,47-,48-,49-/m0/s1. The maximum atomic E-state index is 14.6. The smallest absolute Gasteiger partial charge is 0.328 e. The molecule has 0 saturated carbocycles. The maximum absolute atomic E-state index is 14.6. The van der Waals surface area contributed by atoms with Crippen LogP contribution in [-0.2, 0) is 68.8 Å². The van der Waals surface area contributed by atoms with Crippen LogP contribution in [-0.4, -0.2) is 151 Å². The molecule has 0 aliphatic carbocycles. The molecule has 4 aromatic carbocycles. The van der Waals surface area contributed by atoms with Gasteiger partial charge in [-0.3, -0.25) is 38.4 Å². The van der Waals surface area contributed by atoms with Crippen molar-refractivity contribution >= 4 is 64.1 Å². The summed E-state index contributed by atoms with van der Waals surface area (Å²) in [5.74, 6) is -9.80. The number of phenols is 2. The summed E-state index contributed by atoms with van der Waals surface area (Å²) >= 11 is 0. The van der Waals surface area contributed by atoms with Gasteiger partial charge in [-0.25, -0.2) is 4.79 Å². The largest absolute Gasteiger partial charge is 0.508 e. The number of aromatic hydroxyl groups is 2. The summed E-state index contributed by atoms with van der Waals surface area (Å²) in [6, 6.07) is 14.5. The number of aliphatic hydroxyl groups excluding tert-OH is 2. The first-order chi connectivity index (χ1) is 39.0. The van der Waals surface area contributed by atoms with Gasteiger partial charge in [-0.2, -0.15) is 0 Å². The van der Waals surface area contributed by atoms with Crippen LogP contribution < -0.4 is 48.3 Å². The first-order valence-electron chi connectivity index (χ1n) is 26.8. The number of benzene rings is 4. The van der Waals surface area contributed by atoms with Crippen LogP contribution in [0, 0.1) is 11.8 Å². The molecule has 0 aliphatic rings. The number of rotatable bonds is 30. The molecule has 0 radical (unpaired) electrons. The highest BCUT2D eigenvalue weighted by atomic mass is 16.4. The van der Waals surface area contributed by atoms with Gasteiger partial charge in [0, 0.05) is 36.4 Å². The van der Waals surface area contributed by atoms with Crippen molar-refractivity contribution in [2.24, 2.45) is 17.6 Å². The number of carbonyl (C=O) groups is 9. The van der Waals surface area contributed by atoms with E-state index in [0.717, 1.165) is 16.5 Å². The van der Waals surface area contributed by atoms with Crippen LogP contribution in [0.4, 0.5) is 0 Å². The number of nitrogens with one attached hydrogen (secondary N) is 9. The molecule has 0 bridgehead atoms. The van der Waals surface area contributed by atoms with Gasteiger partial charge >= 0.3 is 5.97 Å². The zero-order valence-electron chi connectivity index (χ0n) is 46.2. The fourth-order valence-electron chi connectivity index (χ4n) is 8.72. The zero-order chi connectivity index (χ0) is 60.2. The molecule has 8 amide bonds. The van der Waals surface area contributed by atoms with E-state index in [1.165, 1.54) is 55.5 Å². The number of carboxylic acids is 1. The number of aliphatic carboxylic acids is 1. The molecule has 1 aromatic heterocycles. The lowest BCUT2D eigenvalue weighted by Crippen LogP contribution is -2.62. The molecule has 0 fully saturated rings. The Morgan fingerprint density at radius 3 is 1.39 bits per heavy atom. The van der Waals surface area contributed by atoms with Gasteiger partial charge in [-0.15, -0.1) is 0 Å². The minimum atomic E-state index is -1.75. The average Bonchev–Trinajstić information content (AvgIpc) is 4.11. The summed E-state index contributed by atoms with van der Waals surface area (Å²) < 4.78 is 0. The van der Waals surface area contributed by atoms with Crippen molar-refractivity contribution in [3.05, 3.63) is 132 Å². The number of phenolic OH excluding ortho intramolecular Hbond substituents is 2. The maximum Gasteiger partial charge on any atom is 0.328 e. The molecule has 1 heterocycles. The number of hydrogen-bond donors (Lipinski definition) is 15. The topological polar surface area (TPSA) is 393 Å². The van der Waals surface area contributed by atoms with E-state index in [1.807, 2.05) is 24.3 Å². The Labute approximate surface area is 473 Å². The van der Waals surface area contributed by atoms with Gasteiger partial charge in [0.1, 0.15) is 59.8 Å². The number of H-pyrrole nitrogens is 1. The number of aromatic amines is 1. The van der Waals surface area contributed by atoms with Crippen molar-refractivity contribution < 1.29 is 68.7 Å². The van der Waals surface area contributed by atoms with Crippen LogP contribution in [0.1, 0.15) is 63.3 Å². The number of carbonyl (C=O) groups excluding carboxylic acids is 8. The number of amides is 8. The molecule has 5 rings (SSSR count). The molecule has 440 valence electrons. The van der Waals surface area contributed by atoms with Gasteiger partial charge in [0.2, 0.25) is 47.3 Å².